The van der Waals surface area contributed by atoms with Crippen LogP contribution >= 0.6 is 0 Å². The van der Waals surface area contributed by atoms with Crippen LogP contribution in [0.4, 0.5) is 5.95 Å². The molecule has 0 N–H and O–H groups in total. The maximum Gasteiger partial charge on any atom is 0.325 e. The minimum absolute atomic E-state index is 0.0465. The van der Waals surface area contributed by atoms with E-state index in [0.717, 1.165) is 0 Å². The third-order valence-electron chi connectivity index (χ3n) is 1.89. The highest BCUT2D eigenvalue weighted by Crippen LogP contribution is 2.07. The van der Waals surface area contributed by atoms with E-state index >= 15 is 0 Å². The first-order valence-corrected chi connectivity index (χ1v) is 4.60. The van der Waals surface area contributed by atoms with Crippen LogP contribution in [0.5, 0.6) is 0 Å². The molecule has 6 heteroatoms. The summed E-state index contributed by atoms with van der Waals surface area (Å²) in [6.45, 7) is 1.81. The molecule has 1 aromatic heterocycles. The Morgan fingerprint density at radius 1 is 1.62 bits per heavy atom. The van der Waals surface area contributed by atoms with Crippen molar-refractivity contribution >= 4 is 11.9 Å². The van der Waals surface area contributed by atoms with Gasteiger partial charge in [0.2, 0.25) is 5.95 Å². The SMILES string of the molecule is COC(=O)CN(C)c1nc(C)cc(C#N)n1. The zero-order chi connectivity index (χ0) is 12.1. The summed E-state index contributed by atoms with van der Waals surface area (Å²) in [5, 5.41) is 8.75. The van der Waals surface area contributed by atoms with Gasteiger partial charge in [0, 0.05) is 12.7 Å². The first kappa shape index (κ1) is 11.9. The van der Waals surface area contributed by atoms with Crippen LogP contribution in [-0.4, -0.2) is 36.6 Å². The van der Waals surface area contributed by atoms with Crippen LogP contribution in [0, 0.1) is 18.3 Å². The van der Waals surface area contributed by atoms with E-state index in [1.807, 2.05) is 6.07 Å². The second-order valence-electron chi connectivity index (χ2n) is 3.24. The first-order chi connectivity index (χ1) is 7.56. The number of rotatable bonds is 3. The van der Waals surface area contributed by atoms with Gasteiger partial charge >= 0.3 is 5.97 Å². The molecular weight excluding hydrogens is 208 g/mol. The number of aromatic nitrogens is 2. The Labute approximate surface area is 93.5 Å². The van der Waals surface area contributed by atoms with Gasteiger partial charge in [0.25, 0.3) is 0 Å². The molecule has 0 fully saturated rings. The zero-order valence-electron chi connectivity index (χ0n) is 9.39. The molecular formula is C10H12N4O2. The van der Waals surface area contributed by atoms with Crippen molar-refractivity contribution in [1.82, 2.24) is 9.97 Å². The number of ether oxygens (including phenoxy) is 1. The molecule has 16 heavy (non-hydrogen) atoms. The maximum absolute atomic E-state index is 11.1. The number of carbonyl (C=O) groups is 1. The molecule has 0 radical (unpaired) electrons. The topological polar surface area (TPSA) is 79.1 Å². The van der Waals surface area contributed by atoms with Gasteiger partial charge in [-0.3, -0.25) is 4.79 Å². The fourth-order valence-corrected chi connectivity index (χ4v) is 1.11. The second kappa shape index (κ2) is 5.07. The Morgan fingerprint density at radius 2 is 2.31 bits per heavy atom. The quantitative estimate of drug-likeness (QED) is 0.680. The van der Waals surface area contributed by atoms with Crippen molar-refractivity contribution in [2.45, 2.75) is 6.92 Å². The summed E-state index contributed by atoms with van der Waals surface area (Å²) >= 11 is 0. The molecule has 0 atom stereocenters. The van der Waals surface area contributed by atoms with Gasteiger partial charge in [0.15, 0.2) is 0 Å². The Hall–Kier alpha value is -2.16. The molecule has 0 aliphatic carbocycles. The third kappa shape index (κ3) is 2.92. The van der Waals surface area contributed by atoms with Crippen LogP contribution in [0.3, 0.4) is 0 Å². The van der Waals surface area contributed by atoms with Gasteiger partial charge in [-0.1, -0.05) is 0 Å². The van der Waals surface area contributed by atoms with Gasteiger partial charge in [-0.05, 0) is 13.0 Å². The smallest absolute Gasteiger partial charge is 0.325 e. The lowest BCUT2D eigenvalue weighted by Gasteiger charge is -2.15. The predicted octanol–water partition coefficient (Wildman–Crippen LogP) is 0.266. The van der Waals surface area contributed by atoms with Crippen molar-refractivity contribution in [2.24, 2.45) is 0 Å². The summed E-state index contributed by atoms with van der Waals surface area (Å²) in [6, 6.07) is 3.52. The molecule has 1 heterocycles. The molecule has 1 aromatic rings. The van der Waals surface area contributed by atoms with E-state index in [0.29, 0.717) is 11.6 Å². The fourth-order valence-electron chi connectivity index (χ4n) is 1.11. The highest BCUT2D eigenvalue weighted by atomic mass is 16.5. The van der Waals surface area contributed by atoms with E-state index in [1.54, 1.807) is 20.0 Å². The van der Waals surface area contributed by atoms with Gasteiger partial charge in [0.05, 0.1) is 7.11 Å². The number of esters is 1. The van der Waals surface area contributed by atoms with Crippen LogP contribution in [0.25, 0.3) is 0 Å². The molecule has 0 saturated carbocycles. The van der Waals surface area contributed by atoms with Crippen molar-refractivity contribution in [2.75, 3.05) is 25.6 Å². The number of aryl methyl sites for hydroxylation is 1. The Bertz CT molecular complexity index is 439. The summed E-state index contributed by atoms with van der Waals surface area (Å²) < 4.78 is 4.53. The minimum Gasteiger partial charge on any atom is -0.468 e. The lowest BCUT2D eigenvalue weighted by Crippen LogP contribution is -2.28. The monoisotopic (exact) mass is 220 g/mol. The standard InChI is InChI=1S/C10H12N4O2/c1-7-4-8(5-11)13-10(12-7)14(2)6-9(15)16-3/h4H,6H2,1-3H3. The highest BCUT2D eigenvalue weighted by molar-refractivity contribution is 5.74. The van der Waals surface area contributed by atoms with E-state index in [1.165, 1.54) is 12.0 Å². The normalized spacial score (nSPS) is 9.38. The Balaban J connectivity index is 2.91. The molecule has 0 saturated heterocycles. The molecule has 0 aliphatic rings. The van der Waals surface area contributed by atoms with Crippen molar-refractivity contribution in [1.29, 1.82) is 5.26 Å². The van der Waals surface area contributed by atoms with Gasteiger partial charge < -0.3 is 9.64 Å². The van der Waals surface area contributed by atoms with Crippen molar-refractivity contribution in [3.8, 4) is 6.07 Å². The highest BCUT2D eigenvalue weighted by Gasteiger charge is 2.11. The molecule has 0 bridgehead atoms. The Morgan fingerprint density at radius 3 is 2.88 bits per heavy atom. The molecule has 1 rings (SSSR count). The van der Waals surface area contributed by atoms with Crippen molar-refractivity contribution in [3.05, 3.63) is 17.5 Å². The zero-order valence-corrected chi connectivity index (χ0v) is 9.39. The second-order valence-corrected chi connectivity index (χ2v) is 3.24. The van der Waals surface area contributed by atoms with E-state index in [2.05, 4.69) is 14.7 Å². The van der Waals surface area contributed by atoms with Gasteiger partial charge in [-0.2, -0.15) is 5.26 Å². The van der Waals surface area contributed by atoms with Crippen LogP contribution in [0.2, 0.25) is 0 Å². The molecule has 0 aliphatic heterocycles. The van der Waals surface area contributed by atoms with Gasteiger partial charge in [-0.15, -0.1) is 0 Å². The molecule has 0 amide bonds. The molecule has 0 aromatic carbocycles. The molecule has 6 nitrogen and oxygen atoms in total. The number of nitriles is 1. The lowest BCUT2D eigenvalue weighted by molar-refractivity contribution is -0.138. The van der Waals surface area contributed by atoms with Crippen LogP contribution in [0.1, 0.15) is 11.4 Å². The summed E-state index contributed by atoms with van der Waals surface area (Å²) in [5.74, 6) is -0.0481. The largest absolute Gasteiger partial charge is 0.468 e. The lowest BCUT2D eigenvalue weighted by atomic mass is 10.3. The first-order valence-electron chi connectivity index (χ1n) is 4.60. The van der Waals surface area contributed by atoms with Crippen LogP contribution in [0.15, 0.2) is 6.07 Å². The van der Waals surface area contributed by atoms with E-state index < -0.39 is 0 Å². The third-order valence-corrected chi connectivity index (χ3v) is 1.89. The summed E-state index contributed by atoms with van der Waals surface area (Å²) in [6.07, 6.45) is 0. The maximum atomic E-state index is 11.1. The number of methoxy groups -OCH3 is 1. The predicted molar refractivity (Wildman–Crippen MR) is 56.8 cm³/mol. The average molecular weight is 220 g/mol. The van der Waals surface area contributed by atoms with Crippen LogP contribution < -0.4 is 4.90 Å². The Kier molecular flexibility index (Phi) is 3.78. The molecule has 0 spiro atoms. The molecule has 0 unspecified atom stereocenters. The number of carbonyl (C=O) groups excluding carboxylic acids is 1. The van der Waals surface area contributed by atoms with Crippen molar-refractivity contribution < 1.29 is 9.53 Å². The summed E-state index contributed by atoms with van der Waals surface area (Å²) in [5.41, 5.74) is 0.956. The van der Waals surface area contributed by atoms with E-state index in [9.17, 15) is 4.79 Å². The van der Waals surface area contributed by atoms with E-state index in [4.69, 9.17) is 5.26 Å². The van der Waals surface area contributed by atoms with Crippen LogP contribution in [-0.2, 0) is 9.53 Å². The number of hydrogen-bond donors (Lipinski definition) is 0. The number of hydrogen-bond acceptors (Lipinski definition) is 6. The van der Waals surface area contributed by atoms with Crippen molar-refractivity contribution in [3.63, 3.8) is 0 Å². The number of anilines is 1. The van der Waals surface area contributed by atoms with E-state index in [-0.39, 0.29) is 18.2 Å². The fraction of sp³-hybridized carbons (Fsp3) is 0.400. The minimum atomic E-state index is -0.383. The molecule has 84 valence electrons. The number of nitrogens with zero attached hydrogens (tertiary/aromatic N) is 4. The average Bonchev–Trinajstić information content (AvgIpc) is 2.27. The number of likely N-dealkylation sites (N-methyl/N-ethyl adjacent to an activating group) is 1. The van der Waals surface area contributed by atoms with Gasteiger partial charge in [0.1, 0.15) is 18.3 Å². The summed E-state index contributed by atoms with van der Waals surface area (Å²) in [7, 11) is 2.97. The van der Waals surface area contributed by atoms with Gasteiger partial charge in [-0.25, -0.2) is 9.97 Å². The summed E-state index contributed by atoms with van der Waals surface area (Å²) in [4.78, 5) is 20.7.